The van der Waals surface area contributed by atoms with Gasteiger partial charge in [0, 0.05) is 12.7 Å². The number of morpholine rings is 1. The van der Waals surface area contributed by atoms with E-state index < -0.39 is 11.9 Å². The molecule has 0 aliphatic carbocycles. The van der Waals surface area contributed by atoms with Crippen molar-refractivity contribution in [1.29, 1.82) is 0 Å². The highest BCUT2D eigenvalue weighted by atomic mass is 35.5. The van der Waals surface area contributed by atoms with Gasteiger partial charge in [-0.2, -0.15) is 0 Å². The zero-order chi connectivity index (χ0) is 20.1. The van der Waals surface area contributed by atoms with Crippen molar-refractivity contribution in [3.05, 3.63) is 63.8 Å². The predicted molar refractivity (Wildman–Crippen MR) is 103 cm³/mol. The number of carbonyl (C=O) groups excluding carboxylic acids is 1. The maximum absolute atomic E-state index is 14.3. The average Bonchev–Trinajstić information content (AvgIpc) is 3.13. The van der Waals surface area contributed by atoms with Crippen LogP contribution in [0.2, 0.25) is 10.0 Å². The van der Waals surface area contributed by atoms with Gasteiger partial charge >= 0.3 is 0 Å². The highest BCUT2D eigenvalue weighted by Gasteiger charge is 2.44. The number of pyridine rings is 1. The third-order valence-electron chi connectivity index (χ3n) is 5.17. The summed E-state index contributed by atoms with van der Waals surface area (Å²) < 4.78 is 21.8. The molecule has 1 saturated heterocycles. The number of ether oxygens (including phenoxy) is 1. The summed E-state index contributed by atoms with van der Waals surface area (Å²) >= 11 is 12.4. The fraction of sp³-hybridized carbons (Fsp3) is 0.263. The SMILES string of the molecule is O=C(c1cccc(Cl)c1Cl)N1[C@H]2COC[C@@H]1c1nnc(-c3ncccc3F)n1C2. The van der Waals surface area contributed by atoms with Gasteiger partial charge < -0.3 is 14.2 Å². The number of hydrogen-bond acceptors (Lipinski definition) is 5. The Balaban J connectivity index is 1.57. The van der Waals surface area contributed by atoms with Crippen LogP contribution in [0.1, 0.15) is 22.2 Å². The molecule has 1 fully saturated rings. The van der Waals surface area contributed by atoms with Gasteiger partial charge in [-0.05, 0) is 24.3 Å². The molecule has 0 saturated carbocycles. The van der Waals surface area contributed by atoms with E-state index in [1.807, 2.05) is 4.57 Å². The minimum Gasteiger partial charge on any atom is -0.377 e. The summed E-state index contributed by atoms with van der Waals surface area (Å²) in [7, 11) is 0. The second kappa shape index (κ2) is 7.05. The van der Waals surface area contributed by atoms with Gasteiger partial charge in [-0.15, -0.1) is 10.2 Å². The molecule has 7 nitrogen and oxygen atoms in total. The minimum absolute atomic E-state index is 0.128. The highest BCUT2D eigenvalue weighted by Crippen LogP contribution is 2.37. The van der Waals surface area contributed by atoms with Crippen molar-refractivity contribution in [3.8, 4) is 11.5 Å². The lowest BCUT2D eigenvalue weighted by atomic mass is 10.0. The van der Waals surface area contributed by atoms with Crippen molar-refractivity contribution in [1.82, 2.24) is 24.6 Å². The Morgan fingerprint density at radius 3 is 2.86 bits per heavy atom. The number of benzene rings is 1. The van der Waals surface area contributed by atoms with Crippen molar-refractivity contribution in [2.24, 2.45) is 0 Å². The molecule has 4 heterocycles. The van der Waals surface area contributed by atoms with Crippen molar-refractivity contribution in [3.63, 3.8) is 0 Å². The molecular weight excluding hydrogens is 420 g/mol. The molecule has 5 rings (SSSR count). The van der Waals surface area contributed by atoms with Crippen molar-refractivity contribution in [2.75, 3.05) is 13.2 Å². The molecule has 2 aliphatic rings. The topological polar surface area (TPSA) is 73.1 Å². The maximum atomic E-state index is 14.3. The number of carbonyl (C=O) groups is 1. The average molecular weight is 434 g/mol. The number of fused-ring (bicyclic) bond motifs is 4. The van der Waals surface area contributed by atoms with E-state index in [-0.39, 0.29) is 29.3 Å². The molecule has 148 valence electrons. The van der Waals surface area contributed by atoms with Gasteiger partial charge in [-0.1, -0.05) is 29.3 Å². The Hall–Kier alpha value is -2.55. The van der Waals surface area contributed by atoms with Crippen molar-refractivity contribution in [2.45, 2.75) is 18.6 Å². The molecule has 0 N–H and O–H groups in total. The fourth-order valence-corrected chi connectivity index (χ4v) is 4.24. The lowest BCUT2D eigenvalue weighted by Gasteiger charge is -2.45. The lowest BCUT2D eigenvalue weighted by molar-refractivity contribution is -0.0569. The van der Waals surface area contributed by atoms with Crippen LogP contribution >= 0.6 is 23.2 Å². The molecule has 1 aromatic carbocycles. The molecule has 0 spiro atoms. The summed E-state index contributed by atoms with van der Waals surface area (Å²) in [6.07, 6.45) is 1.50. The third kappa shape index (κ3) is 2.90. The zero-order valence-corrected chi connectivity index (χ0v) is 16.4. The summed E-state index contributed by atoms with van der Waals surface area (Å²) in [4.78, 5) is 19.1. The van der Waals surface area contributed by atoms with Gasteiger partial charge in [0.05, 0.1) is 34.9 Å². The number of aromatic nitrogens is 4. The summed E-state index contributed by atoms with van der Waals surface area (Å²) in [6.45, 7) is 0.944. The largest absolute Gasteiger partial charge is 0.377 e. The van der Waals surface area contributed by atoms with Crippen LogP contribution in [0.4, 0.5) is 4.39 Å². The van der Waals surface area contributed by atoms with Gasteiger partial charge in [0.25, 0.3) is 5.91 Å². The second-order valence-corrected chi connectivity index (χ2v) is 7.63. The molecule has 2 aliphatic heterocycles. The van der Waals surface area contributed by atoms with Gasteiger partial charge in [0.2, 0.25) is 0 Å². The molecule has 2 aromatic heterocycles. The van der Waals surface area contributed by atoms with Crippen LogP contribution in [0, 0.1) is 5.82 Å². The van der Waals surface area contributed by atoms with Crippen LogP contribution in [0.25, 0.3) is 11.5 Å². The third-order valence-corrected chi connectivity index (χ3v) is 5.99. The van der Waals surface area contributed by atoms with Crippen LogP contribution in [-0.4, -0.2) is 49.8 Å². The van der Waals surface area contributed by atoms with E-state index in [1.54, 1.807) is 23.1 Å². The number of halogens is 3. The van der Waals surface area contributed by atoms with Gasteiger partial charge in [-0.25, -0.2) is 9.37 Å². The van der Waals surface area contributed by atoms with Crippen LogP contribution < -0.4 is 0 Å². The molecule has 2 atom stereocenters. The van der Waals surface area contributed by atoms with Crippen LogP contribution in [0.3, 0.4) is 0 Å². The van der Waals surface area contributed by atoms with Gasteiger partial charge in [-0.3, -0.25) is 4.79 Å². The zero-order valence-electron chi connectivity index (χ0n) is 14.9. The first-order valence-electron chi connectivity index (χ1n) is 8.94. The standard InChI is InChI=1S/C19H14Cl2FN5O2/c20-12-4-1-3-11(15(12)21)19(28)27-10-7-26-17(14(27)9-29-8-10)24-25-18(26)16-13(22)5-2-6-23-16/h1-6,10,14H,7-9H2/t10-,14-/m1/s1. The monoisotopic (exact) mass is 433 g/mol. The Bertz CT molecular complexity index is 1120. The number of nitrogens with zero attached hydrogens (tertiary/aromatic N) is 5. The van der Waals surface area contributed by atoms with E-state index in [1.165, 1.54) is 18.3 Å². The molecular formula is C19H14Cl2FN5O2. The van der Waals surface area contributed by atoms with E-state index in [0.717, 1.165) is 0 Å². The quantitative estimate of drug-likeness (QED) is 0.619. The first-order valence-corrected chi connectivity index (χ1v) is 9.70. The first-order chi connectivity index (χ1) is 14.1. The molecule has 1 amide bonds. The lowest BCUT2D eigenvalue weighted by Crippen LogP contribution is -2.56. The van der Waals surface area contributed by atoms with Crippen molar-refractivity contribution >= 4 is 29.1 Å². The van der Waals surface area contributed by atoms with E-state index in [4.69, 9.17) is 27.9 Å². The molecule has 0 unspecified atom stereocenters. The smallest absolute Gasteiger partial charge is 0.256 e. The van der Waals surface area contributed by atoms with Gasteiger partial charge in [0.1, 0.15) is 11.7 Å². The summed E-state index contributed by atoms with van der Waals surface area (Å²) in [5.41, 5.74) is 0.447. The predicted octanol–water partition coefficient (Wildman–Crippen LogP) is 3.38. The minimum atomic E-state index is -0.478. The number of amides is 1. The normalized spacial score (nSPS) is 20.4. The molecule has 2 bridgehead atoms. The second-order valence-electron chi connectivity index (χ2n) is 6.85. The van der Waals surface area contributed by atoms with Crippen molar-refractivity contribution < 1.29 is 13.9 Å². The van der Waals surface area contributed by atoms with E-state index in [2.05, 4.69) is 15.2 Å². The summed E-state index contributed by atoms with van der Waals surface area (Å²) in [5.74, 6) is 0.124. The van der Waals surface area contributed by atoms with Crippen LogP contribution in [0.15, 0.2) is 36.5 Å². The Morgan fingerprint density at radius 1 is 1.17 bits per heavy atom. The van der Waals surface area contributed by atoms with Crippen LogP contribution in [-0.2, 0) is 11.3 Å². The molecule has 3 aromatic rings. The Morgan fingerprint density at radius 2 is 2.03 bits per heavy atom. The van der Waals surface area contributed by atoms with Crippen LogP contribution in [0.5, 0.6) is 0 Å². The fourth-order valence-electron chi connectivity index (χ4n) is 3.86. The van der Waals surface area contributed by atoms with Gasteiger partial charge in [0.15, 0.2) is 17.5 Å². The Kier molecular flexibility index (Phi) is 4.49. The number of rotatable bonds is 2. The van der Waals surface area contributed by atoms with E-state index >= 15 is 0 Å². The highest BCUT2D eigenvalue weighted by molar-refractivity contribution is 6.43. The summed E-state index contributed by atoms with van der Waals surface area (Å²) in [5, 5.41) is 8.91. The first kappa shape index (κ1) is 18.5. The summed E-state index contributed by atoms with van der Waals surface area (Å²) in [6, 6.07) is 7.04. The molecule has 29 heavy (non-hydrogen) atoms. The maximum Gasteiger partial charge on any atom is 0.256 e. The molecule has 0 radical (unpaired) electrons. The van der Waals surface area contributed by atoms with E-state index in [0.29, 0.717) is 35.4 Å². The number of hydrogen-bond donors (Lipinski definition) is 0. The Labute approximate surface area is 175 Å². The van der Waals surface area contributed by atoms with E-state index in [9.17, 15) is 9.18 Å². The molecule has 10 heteroatoms.